The minimum atomic E-state index is -0.133. The van der Waals surface area contributed by atoms with Gasteiger partial charge in [0, 0.05) is 38.4 Å². The molecular formula is C20H30N4O3. The molecule has 0 spiro atoms. The third kappa shape index (κ3) is 6.22. The van der Waals surface area contributed by atoms with Crippen LogP contribution in [-0.4, -0.2) is 74.2 Å². The lowest BCUT2D eigenvalue weighted by Gasteiger charge is -2.32. The van der Waals surface area contributed by atoms with Crippen molar-refractivity contribution in [3.05, 3.63) is 30.3 Å². The van der Waals surface area contributed by atoms with Crippen LogP contribution in [0.15, 0.2) is 30.3 Å². The number of nitrogens with zero attached hydrogens (tertiary/aromatic N) is 2. The molecule has 0 aromatic heterocycles. The van der Waals surface area contributed by atoms with E-state index in [1.807, 2.05) is 30.3 Å². The zero-order valence-electron chi connectivity index (χ0n) is 15.9. The maximum absolute atomic E-state index is 12.5. The lowest BCUT2D eigenvalue weighted by molar-refractivity contribution is -0.126. The molecule has 7 heteroatoms. The Morgan fingerprint density at radius 3 is 2.67 bits per heavy atom. The Bertz CT molecular complexity index is 605. The normalized spacial score (nSPS) is 20.9. The van der Waals surface area contributed by atoms with Gasteiger partial charge in [0.25, 0.3) is 0 Å². The minimum absolute atomic E-state index is 0.0641. The van der Waals surface area contributed by atoms with Gasteiger partial charge in [-0.25, -0.2) is 4.79 Å². The number of benzene rings is 1. The summed E-state index contributed by atoms with van der Waals surface area (Å²) in [5, 5.41) is 5.95. The molecule has 2 aliphatic heterocycles. The van der Waals surface area contributed by atoms with E-state index in [9.17, 15) is 9.59 Å². The Balaban J connectivity index is 1.37. The highest BCUT2D eigenvalue weighted by atomic mass is 16.5. The molecule has 0 aliphatic carbocycles. The van der Waals surface area contributed by atoms with Gasteiger partial charge in [-0.3, -0.25) is 9.69 Å². The topological polar surface area (TPSA) is 73.9 Å². The van der Waals surface area contributed by atoms with E-state index in [0.717, 1.165) is 57.8 Å². The number of amides is 3. The number of ether oxygens (including phenoxy) is 1. The molecule has 2 saturated heterocycles. The van der Waals surface area contributed by atoms with Gasteiger partial charge < -0.3 is 20.3 Å². The van der Waals surface area contributed by atoms with Crippen molar-refractivity contribution in [2.75, 3.05) is 57.8 Å². The Labute approximate surface area is 161 Å². The number of para-hydroxylation sites is 1. The number of hydrogen-bond donors (Lipinski definition) is 2. The van der Waals surface area contributed by atoms with E-state index in [2.05, 4.69) is 15.5 Å². The summed E-state index contributed by atoms with van der Waals surface area (Å²) in [6, 6.07) is 9.28. The molecule has 2 aliphatic rings. The van der Waals surface area contributed by atoms with Gasteiger partial charge in [0.05, 0.1) is 19.1 Å². The van der Waals surface area contributed by atoms with Crippen molar-refractivity contribution >= 4 is 17.6 Å². The number of likely N-dealkylation sites (tertiary alicyclic amines) is 1. The molecule has 3 amide bonds. The quantitative estimate of drug-likeness (QED) is 0.745. The number of rotatable bonds is 6. The molecule has 1 atom stereocenters. The molecule has 148 valence electrons. The second-order valence-corrected chi connectivity index (χ2v) is 7.18. The smallest absolute Gasteiger partial charge is 0.321 e. The van der Waals surface area contributed by atoms with Gasteiger partial charge in [0.15, 0.2) is 0 Å². The fourth-order valence-electron chi connectivity index (χ4n) is 3.58. The molecule has 0 saturated carbocycles. The minimum Gasteiger partial charge on any atom is -0.379 e. The molecular weight excluding hydrogens is 344 g/mol. The first-order valence-corrected chi connectivity index (χ1v) is 9.91. The van der Waals surface area contributed by atoms with Gasteiger partial charge in [-0.05, 0) is 37.9 Å². The van der Waals surface area contributed by atoms with Gasteiger partial charge in [0.1, 0.15) is 0 Å². The molecule has 0 bridgehead atoms. The van der Waals surface area contributed by atoms with Crippen LogP contribution in [0.4, 0.5) is 10.5 Å². The van der Waals surface area contributed by atoms with Crippen LogP contribution in [0, 0.1) is 5.92 Å². The van der Waals surface area contributed by atoms with Crippen molar-refractivity contribution in [2.45, 2.75) is 19.3 Å². The van der Waals surface area contributed by atoms with Gasteiger partial charge in [-0.1, -0.05) is 18.2 Å². The summed E-state index contributed by atoms with van der Waals surface area (Å²) in [6.07, 6.45) is 2.63. The molecule has 2 heterocycles. The Morgan fingerprint density at radius 1 is 1.11 bits per heavy atom. The van der Waals surface area contributed by atoms with Gasteiger partial charge in [0.2, 0.25) is 5.91 Å². The van der Waals surface area contributed by atoms with Crippen LogP contribution < -0.4 is 10.6 Å². The summed E-state index contributed by atoms with van der Waals surface area (Å²) < 4.78 is 5.34. The summed E-state index contributed by atoms with van der Waals surface area (Å²) in [4.78, 5) is 29.0. The summed E-state index contributed by atoms with van der Waals surface area (Å²) in [6.45, 7) is 6.39. The zero-order valence-corrected chi connectivity index (χ0v) is 15.9. The van der Waals surface area contributed by atoms with Crippen LogP contribution in [-0.2, 0) is 9.53 Å². The fraction of sp³-hybridized carbons (Fsp3) is 0.600. The first-order valence-electron chi connectivity index (χ1n) is 9.91. The lowest BCUT2D eigenvalue weighted by Crippen LogP contribution is -2.47. The second-order valence-electron chi connectivity index (χ2n) is 7.18. The van der Waals surface area contributed by atoms with Crippen molar-refractivity contribution in [3.8, 4) is 0 Å². The number of carbonyl (C=O) groups is 2. The molecule has 1 aromatic rings. The summed E-state index contributed by atoms with van der Waals surface area (Å²) in [5.74, 6) is -0.0575. The highest BCUT2D eigenvalue weighted by Gasteiger charge is 2.28. The number of morpholine rings is 1. The highest BCUT2D eigenvalue weighted by molar-refractivity contribution is 5.90. The molecule has 7 nitrogen and oxygen atoms in total. The van der Waals surface area contributed by atoms with Crippen LogP contribution in [0.25, 0.3) is 0 Å². The van der Waals surface area contributed by atoms with Gasteiger partial charge in [-0.2, -0.15) is 0 Å². The molecule has 2 N–H and O–H groups in total. The number of hydrogen-bond acceptors (Lipinski definition) is 4. The van der Waals surface area contributed by atoms with Crippen LogP contribution in [0.3, 0.4) is 0 Å². The highest BCUT2D eigenvalue weighted by Crippen LogP contribution is 2.18. The van der Waals surface area contributed by atoms with E-state index in [0.29, 0.717) is 19.6 Å². The van der Waals surface area contributed by atoms with Crippen LogP contribution in [0.2, 0.25) is 0 Å². The number of nitrogens with one attached hydrogen (secondary N) is 2. The molecule has 2 fully saturated rings. The van der Waals surface area contributed by atoms with E-state index >= 15 is 0 Å². The summed E-state index contributed by atoms with van der Waals surface area (Å²) in [7, 11) is 0. The third-order valence-electron chi connectivity index (χ3n) is 5.16. The SMILES string of the molecule is O=C(NCCCN1CCOCC1)C1CCCN(C(=O)Nc2ccccc2)C1. The number of carbonyl (C=O) groups excluding carboxylic acids is 2. The molecule has 1 unspecified atom stereocenters. The maximum Gasteiger partial charge on any atom is 0.321 e. The monoisotopic (exact) mass is 374 g/mol. The third-order valence-corrected chi connectivity index (χ3v) is 5.16. The average Bonchev–Trinajstić information content (AvgIpc) is 2.72. The predicted octanol–water partition coefficient (Wildman–Crippen LogP) is 1.77. The van der Waals surface area contributed by atoms with Crippen molar-refractivity contribution < 1.29 is 14.3 Å². The number of piperidine rings is 1. The standard InChI is InChI=1S/C20H30N4O3/c25-19(21-9-5-10-23-12-14-27-15-13-23)17-6-4-11-24(16-17)20(26)22-18-7-2-1-3-8-18/h1-3,7-8,17H,4-6,9-16H2,(H,21,25)(H,22,26). The van der Waals surface area contributed by atoms with E-state index in [1.54, 1.807) is 4.90 Å². The Hall–Kier alpha value is -2.12. The van der Waals surface area contributed by atoms with Crippen molar-refractivity contribution in [2.24, 2.45) is 5.92 Å². The Morgan fingerprint density at radius 2 is 1.89 bits per heavy atom. The lowest BCUT2D eigenvalue weighted by atomic mass is 9.97. The second kappa shape index (κ2) is 10.3. The fourth-order valence-corrected chi connectivity index (χ4v) is 3.58. The summed E-state index contributed by atoms with van der Waals surface area (Å²) in [5.41, 5.74) is 0.775. The molecule has 3 rings (SSSR count). The Kier molecular flexibility index (Phi) is 7.47. The van der Waals surface area contributed by atoms with E-state index < -0.39 is 0 Å². The molecule has 0 radical (unpaired) electrons. The van der Waals surface area contributed by atoms with Crippen molar-refractivity contribution in [1.82, 2.24) is 15.1 Å². The molecule has 1 aromatic carbocycles. The van der Waals surface area contributed by atoms with E-state index in [4.69, 9.17) is 4.74 Å². The van der Waals surface area contributed by atoms with Crippen LogP contribution >= 0.6 is 0 Å². The van der Waals surface area contributed by atoms with Crippen LogP contribution in [0.5, 0.6) is 0 Å². The largest absolute Gasteiger partial charge is 0.379 e. The first-order chi connectivity index (χ1) is 13.2. The van der Waals surface area contributed by atoms with E-state index in [-0.39, 0.29) is 17.9 Å². The number of urea groups is 1. The van der Waals surface area contributed by atoms with E-state index in [1.165, 1.54) is 0 Å². The van der Waals surface area contributed by atoms with Crippen molar-refractivity contribution in [3.63, 3.8) is 0 Å². The number of anilines is 1. The van der Waals surface area contributed by atoms with Gasteiger partial charge in [-0.15, -0.1) is 0 Å². The zero-order chi connectivity index (χ0) is 18.9. The van der Waals surface area contributed by atoms with Crippen LogP contribution in [0.1, 0.15) is 19.3 Å². The van der Waals surface area contributed by atoms with Gasteiger partial charge >= 0.3 is 6.03 Å². The van der Waals surface area contributed by atoms with Crippen molar-refractivity contribution in [1.29, 1.82) is 0 Å². The summed E-state index contributed by atoms with van der Waals surface area (Å²) >= 11 is 0. The molecule has 27 heavy (non-hydrogen) atoms. The average molecular weight is 374 g/mol. The predicted molar refractivity (Wildman–Crippen MR) is 105 cm³/mol. The maximum atomic E-state index is 12.5. The first kappa shape index (κ1) is 19.6.